The second-order valence-corrected chi connectivity index (χ2v) is 7.31. The van der Waals surface area contributed by atoms with Gasteiger partial charge in [-0.3, -0.25) is 4.79 Å². The summed E-state index contributed by atoms with van der Waals surface area (Å²) >= 11 is 0. The summed E-state index contributed by atoms with van der Waals surface area (Å²) in [5.74, 6) is 1.99. The van der Waals surface area contributed by atoms with E-state index in [4.69, 9.17) is 5.11 Å². The van der Waals surface area contributed by atoms with Crippen LogP contribution in [0.5, 0.6) is 0 Å². The van der Waals surface area contributed by atoms with Crippen LogP contribution in [0.1, 0.15) is 50.6 Å². The van der Waals surface area contributed by atoms with Crippen LogP contribution in [0, 0.1) is 17.8 Å². The van der Waals surface area contributed by atoms with E-state index < -0.39 is 5.97 Å². The molecule has 4 aliphatic carbocycles. The smallest absolute Gasteiger partial charge is 0.305 e. The molecule has 1 heterocycles. The lowest BCUT2D eigenvalue weighted by Gasteiger charge is -2.56. The lowest BCUT2D eigenvalue weighted by molar-refractivity contribution is -0.137. The Kier molecular flexibility index (Phi) is 2.69. The molecule has 20 heavy (non-hydrogen) atoms. The zero-order valence-corrected chi connectivity index (χ0v) is 11.8. The summed E-state index contributed by atoms with van der Waals surface area (Å²) in [4.78, 5) is 15.1. The molecule has 4 fully saturated rings. The maximum absolute atomic E-state index is 10.8. The first-order valence-corrected chi connectivity index (χ1v) is 7.87. The second-order valence-electron chi connectivity index (χ2n) is 7.31. The Morgan fingerprint density at radius 1 is 1.25 bits per heavy atom. The number of hydrogen-bond donors (Lipinski definition) is 1. The predicted octanol–water partition coefficient (Wildman–Crippen LogP) is 2.83. The van der Waals surface area contributed by atoms with Gasteiger partial charge in [0.25, 0.3) is 0 Å². The highest BCUT2D eigenvalue weighted by Crippen LogP contribution is 2.60. The van der Waals surface area contributed by atoms with E-state index in [9.17, 15) is 4.79 Å². The number of carboxylic acids is 1. The molecule has 0 unspecified atom stereocenters. The highest BCUT2D eigenvalue weighted by molar-refractivity contribution is 5.66. The SMILES string of the molecule is O=C(O)CCn1cncc1C12CC3CC(CC(C3)C1)C2. The molecule has 0 aliphatic heterocycles. The van der Waals surface area contributed by atoms with Gasteiger partial charge in [0.15, 0.2) is 0 Å². The van der Waals surface area contributed by atoms with Crippen molar-refractivity contribution >= 4 is 5.97 Å². The van der Waals surface area contributed by atoms with E-state index in [1.165, 1.54) is 44.2 Å². The van der Waals surface area contributed by atoms with E-state index in [0.717, 1.165) is 17.8 Å². The van der Waals surface area contributed by atoms with Crippen molar-refractivity contribution in [2.45, 2.75) is 56.9 Å². The molecule has 4 saturated carbocycles. The molecule has 1 aromatic rings. The molecule has 4 heteroatoms. The molecule has 108 valence electrons. The van der Waals surface area contributed by atoms with Crippen molar-refractivity contribution in [1.29, 1.82) is 0 Å². The summed E-state index contributed by atoms with van der Waals surface area (Å²) in [5, 5.41) is 8.90. The van der Waals surface area contributed by atoms with E-state index in [1.54, 1.807) is 0 Å². The molecule has 0 atom stereocenters. The van der Waals surface area contributed by atoms with Crippen molar-refractivity contribution in [3.63, 3.8) is 0 Å². The summed E-state index contributed by atoms with van der Waals surface area (Å²) in [5.41, 5.74) is 1.63. The lowest BCUT2D eigenvalue weighted by Crippen LogP contribution is -2.49. The number of aliphatic carboxylic acids is 1. The van der Waals surface area contributed by atoms with Crippen molar-refractivity contribution in [3.05, 3.63) is 18.2 Å². The number of imidazole rings is 1. The summed E-state index contributed by atoms with van der Waals surface area (Å²) < 4.78 is 2.11. The van der Waals surface area contributed by atoms with Gasteiger partial charge < -0.3 is 9.67 Å². The van der Waals surface area contributed by atoms with Gasteiger partial charge in [0, 0.05) is 23.9 Å². The Hall–Kier alpha value is -1.32. The van der Waals surface area contributed by atoms with Gasteiger partial charge in [-0.1, -0.05) is 0 Å². The minimum atomic E-state index is -0.727. The molecule has 1 N–H and O–H groups in total. The van der Waals surface area contributed by atoms with Gasteiger partial charge in [-0.25, -0.2) is 4.98 Å². The molecule has 4 nitrogen and oxygen atoms in total. The molecule has 4 bridgehead atoms. The summed E-state index contributed by atoms with van der Waals surface area (Å²) in [6, 6.07) is 0. The molecule has 0 spiro atoms. The highest BCUT2D eigenvalue weighted by atomic mass is 16.4. The van der Waals surface area contributed by atoms with Crippen LogP contribution in [0.15, 0.2) is 12.5 Å². The minimum absolute atomic E-state index is 0.190. The average Bonchev–Trinajstić information content (AvgIpc) is 2.83. The Labute approximate surface area is 119 Å². The van der Waals surface area contributed by atoms with Gasteiger partial charge in [-0.15, -0.1) is 0 Å². The number of rotatable bonds is 4. The van der Waals surface area contributed by atoms with Crippen molar-refractivity contribution in [1.82, 2.24) is 9.55 Å². The molecular weight excluding hydrogens is 252 g/mol. The van der Waals surface area contributed by atoms with Crippen LogP contribution in [0.25, 0.3) is 0 Å². The molecule has 4 aliphatic rings. The quantitative estimate of drug-likeness (QED) is 0.918. The Morgan fingerprint density at radius 3 is 2.40 bits per heavy atom. The first kappa shape index (κ1) is 12.4. The number of carbonyl (C=O) groups is 1. The fourth-order valence-electron chi connectivity index (χ4n) is 5.58. The minimum Gasteiger partial charge on any atom is -0.481 e. The number of aromatic nitrogens is 2. The van der Waals surface area contributed by atoms with Crippen molar-refractivity contribution in [3.8, 4) is 0 Å². The Morgan fingerprint density at radius 2 is 1.85 bits per heavy atom. The zero-order chi connectivity index (χ0) is 13.7. The van der Waals surface area contributed by atoms with Crippen LogP contribution in [0.2, 0.25) is 0 Å². The van der Waals surface area contributed by atoms with Crippen molar-refractivity contribution < 1.29 is 9.90 Å². The van der Waals surface area contributed by atoms with Crippen LogP contribution >= 0.6 is 0 Å². The molecule has 0 radical (unpaired) electrons. The van der Waals surface area contributed by atoms with Gasteiger partial charge in [-0.2, -0.15) is 0 Å². The van der Waals surface area contributed by atoms with Crippen LogP contribution < -0.4 is 0 Å². The van der Waals surface area contributed by atoms with Gasteiger partial charge in [0.2, 0.25) is 0 Å². The van der Waals surface area contributed by atoms with Crippen molar-refractivity contribution in [2.75, 3.05) is 0 Å². The van der Waals surface area contributed by atoms with Gasteiger partial charge in [-0.05, 0) is 56.3 Å². The Bertz CT molecular complexity index is 499. The molecule has 5 rings (SSSR count). The molecular formula is C16H22N2O2. The Balaban J connectivity index is 1.64. The number of nitrogens with zero attached hydrogens (tertiary/aromatic N) is 2. The van der Waals surface area contributed by atoms with E-state index in [1.807, 2.05) is 12.5 Å². The normalized spacial score (nSPS) is 38.3. The first-order valence-electron chi connectivity index (χ1n) is 7.87. The lowest BCUT2D eigenvalue weighted by atomic mass is 9.49. The standard InChI is InChI=1S/C16H22N2O2/c19-15(20)1-2-18-10-17-9-14(18)16-6-11-3-12(7-16)5-13(4-11)8-16/h9-13H,1-8H2,(H,19,20). The molecule has 0 aromatic carbocycles. The van der Waals surface area contributed by atoms with E-state index in [2.05, 4.69) is 9.55 Å². The molecule has 0 saturated heterocycles. The molecule has 0 amide bonds. The number of carboxylic acid groups (broad SMARTS) is 1. The van der Waals surface area contributed by atoms with Crippen LogP contribution in [0.3, 0.4) is 0 Å². The van der Waals surface area contributed by atoms with Gasteiger partial charge >= 0.3 is 5.97 Å². The molecule has 1 aromatic heterocycles. The van der Waals surface area contributed by atoms with E-state index >= 15 is 0 Å². The maximum atomic E-state index is 10.8. The third kappa shape index (κ3) is 1.88. The largest absolute Gasteiger partial charge is 0.481 e. The topological polar surface area (TPSA) is 55.1 Å². The van der Waals surface area contributed by atoms with Crippen LogP contribution in [0.4, 0.5) is 0 Å². The highest BCUT2D eigenvalue weighted by Gasteiger charge is 2.52. The van der Waals surface area contributed by atoms with E-state index in [0.29, 0.717) is 12.0 Å². The van der Waals surface area contributed by atoms with Crippen LogP contribution in [-0.4, -0.2) is 20.6 Å². The second kappa shape index (κ2) is 4.34. The van der Waals surface area contributed by atoms with Gasteiger partial charge in [0.1, 0.15) is 0 Å². The summed E-state index contributed by atoms with van der Waals surface area (Å²) in [6.45, 7) is 0.562. The van der Waals surface area contributed by atoms with Crippen molar-refractivity contribution in [2.24, 2.45) is 17.8 Å². The monoisotopic (exact) mass is 274 g/mol. The third-order valence-electron chi connectivity index (χ3n) is 5.86. The maximum Gasteiger partial charge on any atom is 0.305 e. The fourth-order valence-corrected chi connectivity index (χ4v) is 5.58. The predicted molar refractivity (Wildman–Crippen MR) is 74.3 cm³/mol. The van der Waals surface area contributed by atoms with Gasteiger partial charge in [0.05, 0.1) is 12.7 Å². The number of aryl methyl sites for hydroxylation is 1. The third-order valence-corrected chi connectivity index (χ3v) is 5.86. The average molecular weight is 274 g/mol. The number of hydrogen-bond acceptors (Lipinski definition) is 2. The van der Waals surface area contributed by atoms with E-state index in [-0.39, 0.29) is 6.42 Å². The summed E-state index contributed by atoms with van der Waals surface area (Å²) in [7, 11) is 0. The fraction of sp³-hybridized carbons (Fsp3) is 0.750. The first-order chi connectivity index (χ1) is 9.64. The summed E-state index contributed by atoms with van der Waals surface area (Å²) in [6.07, 6.45) is 12.2. The zero-order valence-electron chi connectivity index (χ0n) is 11.8. The van der Waals surface area contributed by atoms with Crippen LogP contribution in [-0.2, 0) is 16.8 Å².